The van der Waals surface area contributed by atoms with Crippen molar-refractivity contribution in [2.24, 2.45) is 0 Å². The van der Waals surface area contributed by atoms with Crippen LogP contribution < -0.4 is 31.0 Å². The summed E-state index contributed by atoms with van der Waals surface area (Å²) in [5.41, 5.74) is 1.03. The van der Waals surface area contributed by atoms with Gasteiger partial charge in [0.25, 0.3) is 10.0 Å². The van der Waals surface area contributed by atoms with E-state index in [0.29, 0.717) is 11.0 Å². The molecule has 0 bridgehead atoms. The number of para-hydroxylation sites is 1. The average molecular weight is 542 g/mol. The number of rotatable bonds is 2. The largest absolute Gasteiger partial charge is 2.00 e. The standard InChI is InChI=1S/C12H9N3O2S.2ClH.H3N.Pt/c16-18(17,10-6-2-1-3-7-10)15-12-9-5-4-8-11(12)13-14-15;;;;/h1-9H;2*1H;1H3;/q;;;;+2/p-2. The molecule has 0 fully saturated rings. The normalized spacial score (nSPS) is 9.64. The topological polar surface area (TPSA) is 99.8 Å². The first-order valence-corrected chi connectivity index (χ1v) is 6.75. The van der Waals surface area contributed by atoms with E-state index in [9.17, 15) is 8.42 Å². The molecule has 0 saturated heterocycles. The number of hydrogen-bond donors (Lipinski definition) is 1. The third-order valence-electron chi connectivity index (χ3n) is 2.59. The van der Waals surface area contributed by atoms with E-state index in [0.717, 1.165) is 4.09 Å². The van der Waals surface area contributed by atoms with Crippen molar-refractivity contribution >= 4 is 21.1 Å². The van der Waals surface area contributed by atoms with Crippen LogP contribution in [0.15, 0.2) is 59.5 Å². The van der Waals surface area contributed by atoms with E-state index in [4.69, 9.17) is 0 Å². The minimum absolute atomic E-state index is 0. The fraction of sp³-hybridized carbons (Fsp3) is 0. The summed E-state index contributed by atoms with van der Waals surface area (Å²) in [7, 11) is -3.68. The van der Waals surface area contributed by atoms with Gasteiger partial charge in [0.1, 0.15) is 11.0 Å². The molecule has 122 valence electrons. The SMILES string of the molecule is N.O=S(=O)(c1ccccc1)n1nnc2ccccc21.[Cl-].[Cl-].[Pt+2]. The number of benzene rings is 2. The number of nitrogens with zero attached hydrogens (tertiary/aromatic N) is 3. The molecule has 3 N–H and O–H groups in total. The molecule has 0 aliphatic rings. The van der Waals surface area contributed by atoms with E-state index in [1.54, 1.807) is 42.5 Å². The van der Waals surface area contributed by atoms with E-state index in [2.05, 4.69) is 10.3 Å². The summed E-state index contributed by atoms with van der Waals surface area (Å²) in [4.78, 5) is 0.195. The summed E-state index contributed by atoms with van der Waals surface area (Å²) in [6.07, 6.45) is 0. The molecular formula is C12H12Cl2N4O2PtS. The minimum atomic E-state index is -3.68. The summed E-state index contributed by atoms with van der Waals surface area (Å²) < 4.78 is 25.7. The molecule has 0 saturated carbocycles. The number of aromatic nitrogens is 3. The Kier molecular flexibility index (Phi) is 9.76. The molecule has 0 aliphatic carbocycles. The summed E-state index contributed by atoms with van der Waals surface area (Å²) in [5, 5.41) is 7.57. The van der Waals surface area contributed by atoms with E-state index in [-0.39, 0.29) is 56.9 Å². The fourth-order valence-corrected chi connectivity index (χ4v) is 2.96. The van der Waals surface area contributed by atoms with Crippen molar-refractivity contribution in [3.05, 3.63) is 54.6 Å². The van der Waals surface area contributed by atoms with E-state index < -0.39 is 10.0 Å². The number of fused-ring (bicyclic) bond motifs is 1. The van der Waals surface area contributed by atoms with Gasteiger partial charge in [0.2, 0.25) is 0 Å². The Labute approximate surface area is 155 Å². The van der Waals surface area contributed by atoms with Crippen LogP contribution in [0.1, 0.15) is 0 Å². The molecule has 0 radical (unpaired) electrons. The van der Waals surface area contributed by atoms with Crippen LogP contribution in [0.3, 0.4) is 0 Å². The molecule has 0 unspecified atom stereocenters. The van der Waals surface area contributed by atoms with Crippen LogP contribution in [0.5, 0.6) is 0 Å². The smallest absolute Gasteiger partial charge is 1.00 e. The maximum atomic E-state index is 12.4. The Hall–Kier alpha value is -0.982. The fourth-order valence-electron chi connectivity index (χ4n) is 1.72. The maximum Gasteiger partial charge on any atom is 2.00 e. The molecule has 1 heterocycles. The summed E-state index contributed by atoms with van der Waals surface area (Å²) in [5.74, 6) is 0. The first-order valence-electron chi connectivity index (χ1n) is 5.31. The van der Waals surface area contributed by atoms with Crippen molar-refractivity contribution in [2.75, 3.05) is 0 Å². The van der Waals surface area contributed by atoms with Crippen molar-refractivity contribution in [3.63, 3.8) is 0 Å². The van der Waals surface area contributed by atoms with Crippen LogP contribution in [-0.4, -0.2) is 22.8 Å². The van der Waals surface area contributed by atoms with E-state index in [1.807, 2.05) is 0 Å². The molecule has 2 aromatic carbocycles. The van der Waals surface area contributed by atoms with Gasteiger partial charge >= 0.3 is 21.1 Å². The zero-order valence-corrected chi connectivity index (χ0v) is 15.6. The second-order valence-corrected chi connectivity index (χ2v) is 5.51. The van der Waals surface area contributed by atoms with Gasteiger partial charge in [-0.25, -0.2) is 0 Å². The van der Waals surface area contributed by atoms with Gasteiger partial charge in [-0.2, -0.15) is 8.42 Å². The zero-order chi connectivity index (χ0) is 12.6. The van der Waals surface area contributed by atoms with Gasteiger partial charge in [-0.15, -0.1) is 9.19 Å². The predicted molar refractivity (Wildman–Crippen MR) is 71.6 cm³/mol. The van der Waals surface area contributed by atoms with Gasteiger partial charge in [-0.05, 0) is 24.3 Å². The quantitative estimate of drug-likeness (QED) is 0.355. The molecule has 0 aliphatic heterocycles. The Balaban J connectivity index is 0. The number of halogens is 2. The van der Waals surface area contributed by atoms with Crippen LogP contribution in [0.25, 0.3) is 11.0 Å². The van der Waals surface area contributed by atoms with Crippen molar-refractivity contribution in [1.82, 2.24) is 20.5 Å². The third-order valence-corrected chi connectivity index (χ3v) is 4.18. The molecule has 1 aromatic heterocycles. The van der Waals surface area contributed by atoms with Crippen LogP contribution in [0.4, 0.5) is 0 Å². The predicted octanol–water partition coefficient (Wildman–Crippen LogP) is -4.16. The monoisotopic (exact) mass is 541 g/mol. The molecule has 0 atom stereocenters. The van der Waals surface area contributed by atoms with Crippen molar-refractivity contribution in [3.8, 4) is 0 Å². The van der Waals surface area contributed by atoms with Crippen LogP contribution in [-0.2, 0) is 31.1 Å². The molecular weight excluding hydrogens is 530 g/mol. The zero-order valence-electron chi connectivity index (χ0n) is 11.0. The van der Waals surface area contributed by atoms with Gasteiger partial charge in [0.05, 0.1) is 4.90 Å². The number of hydrogen-bond acceptors (Lipinski definition) is 5. The molecule has 0 amide bonds. The summed E-state index contributed by atoms with van der Waals surface area (Å²) in [6, 6.07) is 15.1. The molecule has 3 rings (SSSR count). The molecule has 6 nitrogen and oxygen atoms in total. The minimum Gasteiger partial charge on any atom is -1.00 e. The Morgan fingerprint density at radius 2 is 1.41 bits per heavy atom. The Morgan fingerprint density at radius 3 is 2.05 bits per heavy atom. The first kappa shape index (κ1) is 23.3. The Morgan fingerprint density at radius 1 is 0.864 bits per heavy atom. The van der Waals surface area contributed by atoms with Gasteiger partial charge in [-0.1, -0.05) is 35.5 Å². The molecule has 0 spiro atoms. The Bertz CT molecular complexity index is 812. The maximum absolute atomic E-state index is 12.4. The van der Waals surface area contributed by atoms with Gasteiger partial charge in [0.15, 0.2) is 0 Å². The summed E-state index contributed by atoms with van der Waals surface area (Å²) in [6.45, 7) is 0. The van der Waals surface area contributed by atoms with Crippen molar-refractivity contribution < 1.29 is 54.3 Å². The molecule has 22 heavy (non-hydrogen) atoms. The van der Waals surface area contributed by atoms with Gasteiger partial charge in [-0.3, -0.25) is 0 Å². The van der Waals surface area contributed by atoms with Crippen molar-refractivity contribution in [2.45, 2.75) is 4.90 Å². The van der Waals surface area contributed by atoms with Gasteiger partial charge < -0.3 is 31.0 Å². The first-order chi connectivity index (χ1) is 8.69. The van der Waals surface area contributed by atoms with Crippen LogP contribution >= 0.6 is 0 Å². The van der Waals surface area contributed by atoms with Gasteiger partial charge in [0, 0.05) is 0 Å². The van der Waals surface area contributed by atoms with E-state index >= 15 is 0 Å². The molecule has 10 heteroatoms. The summed E-state index contributed by atoms with van der Waals surface area (Å²) >= 11 is 0. The average Bonchev–Trinajstić information content (AvgIpc) is 2.84. The van der Waals surface area contributed by atoms with E-state index in [1.165, 1.54) is 12.1 Å². The second-order valence-electron chi connectivity index (χ2n) is 3.74. The third kappa shape index (κ3) is 4.06. The van der Waals surface area contributed by atoms with Crippen LogP contribution in [0.2, 0.25) is 0 Å². The second kappa shape index (κ2) is 9.22. The molecule has 3 aromatic rings. The van der Waals surface area contributed by atoms with Crippen LogP contribution in [0, 0.1) is 0 Å². The van der Waals surface area contributed by atoms with Crippen molar-refractivity contribution in [1.29, 1.82) is 0 Å².